The van der Waals surface area contributed by atoms with Gasteiger partial charge in [0.25, 0.3) is 0 Å². The SMILES string of the molecule is CCCC/C=C\CC/C=C\CCCCCCCC(O)(C[N+](C)(C)C)P(=O)(O)O. The number of unbranched alkanes of at least 4 members (excludes halogenated alkanes) is 8. The molecule has 0 aromatic heterocycles. The van der Waals surface area contributed by atoms with Crippen LogP contribution in [0, 0.1) is 0 Å². The van der Waals surface area contributed by atoms with Crippen molar-refractivity contribution < 1.29 is 23.9 Å². The molecule has 166 valence electrons. The Morgan fingerprint density at radius 2 is 1.25 bits per heavy atom. The Labute approximate surface area is 173 Å². The molecule has 0 saturated carbocycles. The van der Waals surface area contributed by atoms with Gasteiger partial charge in [-0.25, -0.2) is 0 Å². The molecule has 28 heavy (non-hydrogen) atoms. The van der Waals surface area contributed by atoms with Crippen molar-refractivity contribution in [3.8, 4) is 0 Å². The molecule has 0 rings (SSSR count). The van der Waals surface area contributed by atoms with Crippen molar-refractivity contribution in [2.24, 2.45) is 0 Å². The van der Waals surface area contributed by atoms with Crippen LogP contribution in [0.25, 0.3) is 0 Å². The lowest BCUT2D eigenvalue weighted by molar-refractivity contribution is -0.875. The maximum atomic E-state index is 11.7. The Morgan fingerprint density at radius 1 is 0.786 bits per heavy atom. The second-order valence-electron chi connectivity index (χ2n) is 8.94. The van der Waals surface area contributed by atoms with Crippen molar-refractivity contribution in [3.63, 3.8) is 0 Å². The number of likely N-dealkylation sites (N-methyl/N-ethyl adjacent to an activating group) is 1. The Kier molecular flexibility index (Phi) is 14.3. The Balaban J connectivity index is 3.83. The molecule has 0 spiro atoms. The van der Waals surface area contributed by atoms with E-state index in [9.17, 15) is 19.5 Å². The number of aliphatic hydroxyl groups is 1. The number of hydrogen-bond donors (Lipinski definition) is 3. The summed E-state index contributed by atoms with van der Waals surface area (Å²) in [7, 11) is 0.944. The van der Waals surface area contributed by atoms with Gasteiger partial charge in [-0.2, -0.15) is 0 Å². The molecule has 0 heterocycles. The van der Waals surface area contributed by atoms with Crippen LogP contribution in [0.1, 0.15) is 84.0 Å². The summed E-state index contributed by atoms with van der Waals surface area (Å²) in [6, 6.07) is 0. The monoisotopic (exact) mass is 418 g/mol. The van der Waals surface area contributed by atoms with E-state index in [-0.39, 0.29) is 13.0 Å². The van der Waals surface area contributed by atoms with Crippen LogP contribution in [0.15, 0.2) is 24.3 Å². The number of nitrogens with zero attached hydrogens (tertiary/aromatic N) is 1. The molecule has 1 atom stereocenters. The molecule has 0 saturated heterocycles. The molecule has 0 radical (unpaired) electrons. The summed E-state index contributed by atoms with van der Waals surface area (Å²) in [5, 5.41) is 8.58. The number of hydrogen-bond acceptors (Lipinski definition) is 2. The molecule has 0 amide bonds. The smallest absolute Gasteiger partial charge is 0.362 e. The van der Waals surface area contributed by atoms with E-state index in [0.29, 0.717) is 10.9 Å². The quantitative estimate of drug-likeness (QED) is 0.128. The summed E-state index contributed by atoms with van der Waals surface area (Å²) < 4.78 is 12.1. The zero-order valence-corrected chi connectivity index (χ0v) is 19.5. The number of quaternary nitrogens is 1. The van der Waals surface area contributed by atoms with Gasteiger partial charge in [0.2, 0.25) is 5.34 Å². The number of allylic oxidation sites excluding steroid dienone is 4. The highest BCUT2D eigenvalue weighted by molar-refractivity contribution is 7.53. The van der Waals surface area contributed by atoms with E-state index in [0.717, 1.165) is 44.9 Å². The van der Waals surface area contributed by atoms with Gasteiger partial charge in [0.1, 0.15) is 6.54 Å². The fourth-order valence-corrected chi connectivity index (χ4v) is 4.32. The average Bonchev–Trinajstić information content (AvgIpc) is 2.56. The highest BCUT2D eigenvalue weighted by Crippen LogP contribution is 2.52. The lowest BCUT2D eigenvalue weighted by Gasteiger charge is -2.35. The van der Waals surface area contributed by atoms with Crippen molar-refractivity contribution in [2.45, 2.75) is 89.3 Å². The van der Waals surface area contributed by atoms with Crippen LogP contribution in [-0.2, 0) is 4.57 Å². The molecule has 6 heteroatoms. The summed E-state index contributed by atoms with van der Waals surface area (Å²) in [6.45, 7) is 2.26. The van der Waals surface area contributed by atoms with Gasteiger partial charge in [-0.3, -0.25) is 4.57 Å². The van der Waals surface area contributed by atoms with Crippen molar-refractivity contribution in [2.75, 3.05) is 27.7 Å². The van der Waals surface area contributed by atoms with Gasteiger partial charge in [-0.05, 0) is 44.9 Å². The van der Waals surface area contributed by atoms with Crippen LogP contribution in [0.3, 0.4) is 0 Å². The van der Waals surface area contributed by atoms with E-state index in [1.807, 2.05) is 21.1 Å². The first-order chi connectivity index (χ1) is 13.0. The first kappa shape index (κ1) is 27.5. The molecule has 0 aromatic carbocycles. The first-order valence-corrected chi connectivity index (χ1v) is 12.5. The largest absolute Gasteiger partial charge is 0.373 e. The summed E-state index contributed by atoms with van der Waals surface area (Å²) in [5.74, 6) is 0. The average molecular weight is 419 g/mol. The van der Waals surface area contributed by atoms with Gasteiger partial charge < -0.3 is 19.4 Å². The van der Waals surface area contributed by atoms with E-state index in [1.165, 1.54) is 19.3 Å². The van der Waals surface area contributed by atoms with Gasteiger partial charge in [-0.15, -0.1) is 0 Å². The van der Waals surface area contributed by atoms with Gasteiger partial charge in [-0.1, -0.05) is 63.3 Å². The second kappa shape index (κ2) is 14.5. The van der Waals surface area contributed by atoms with E-state index in [1.54, 1.807) is 0 Å². The van der Waals surface area contributed by atoms with E-state index < -0.39 is 12.9 Å². The topological polar surface area (TPSA) is 77.8 Å². The maximum absolute atomic E-state index is 11.7. The van der Waals surface area contributed by atoms with E-state index in [4.69, 9.17) is 0 Å². The van der Waals surface area contributed by atoms with Crippen molar-refractivity contribution in [1.29, 1.82) is 0 Å². The number of rotatable bonds is 17. The van der Waals surface area contributed by atoms with Crippen molar-refractivity contribution in [1.82, 2.24) is 0 Å². The molecule has 0 aromatic rings. The van der Waals surface area contributed by atoms with Crippen LogP contribution in [0.5, 0.6) is 0 Å². The van der Waals surface area contributed by atoms with Gasteiger partial charge in [0.15, 0.2) is 0 Å². The maximum Gasteiger partial charge on any atom is 0.362 e. The molecule has 3 N–H and O–H groups in total. The van der Waals surface area contributed by atoms with Crippen LogP contribution in [0.4, 0.5) is 0 Å². The minimum Gasteiger partial charge on any atom is -0.373 e. The molecule has 0 aliphatic rings. The fraction of sp³-hybridized carbons (Fsp3) is 0.818. The Hall–Kier alpha value is -0.450. The van der Waals surface area contributed by atoms with Crippen LogP contribution in [0.2, 0.25) is 0 Å². The van der Waals surface area contributed by atoms with Gasteiger partial charge >= 0.3 is 7.60 Å². The minimum absolute atomic E-state index is 0.0515. The van der Waals surface area contributed by atoms with Gasteiger partial charge in [0.05, 0.1) is 21.1 Å². The fourth-order valence-electron chi connectivity index (χ4n) is 3.26. The van der Waals surface area contributed by atoms with Crippen LogP contribution >= 0.6 is 7.60 Å². The summed E-state index contributed by atoms with van der Waals surface area (Å²) >= 11 is 0. The highest BCUT2D eigenvalue weighted by atomic mass is 31.2. The zero-order chi connectivity index (χ0) is 21.5. The van der Waals surface area contributed by atoms with E-state index >= 15 is 0 Å². The molecule has 0 aliphatic carbocycles. The predicted molar refractivity (Wildman–Crippen MR) is 119 cm³/mol. The Morgan fingerprint density at radius 3 is 1.75 bits per heavy atom. The second-order valence-corrected chi connectivity index (χ2v) is 10.9. The van der Waals surface area contributed by atoms with Crippen LogP contribution in [-0.4, -0.2) is 52.4 Å². The molecule has 0 bridgehead atoms. The lowest BCUT2D eigenvalue weighted by atomic mass is 10.1. The van der Waals surface area contributed by atoms with Crippen molar-refractivity contribution in [3.05, 3.63) is 24.3 Å². The summed E-state index contributed by atoms with van der Waals surface area (Å²) in [4.78, 5) is 19.1. The predicted octanol–water partition coefficient (Wildman–Crippen LogP) is 5.37. The normalized spacial score (nSPS) is 15.5. The highest BCUT2D eigenvalue weighted by Gasteiger charge is 2.48. The third kappa shape index (κ3) is 14.5. The minimum atomic E-state index is -4.55. The molecule has 1 unspecified atom stereocenters. The third-order valence-corrected chi connectivity index (χ3v) is 6.22. The standard InChI is InChI=1S/C22H44NO4P/c1-5-6-7-8-9-10-11-12-13-14-15-16-17-18-19-20-22(24,28(25,26)27)21-23(2,3)4/h8-9,12-13,24H,5-7,10-11,14-21H2,1-4H3,(H-,25,26,27)/p+1/b9-8-,13-12-. The lowest BCUT2D eigenvalue weighted by Crippen LogP contribution is -2.49. The van der Waals surface area contributed by atoms with E-state index in [2.05, 4.69) is 31.2 Å². The van der Waals surface area contributed by atoms with Gasteiger partial charge in [0, 0.05) is 0 Å². The molecular formula is C22H45NO4P+. The Bertz CT molecular complexity index is 493. The first-order valence-electron chi connectivity index (χ1n) is 10.9. The summed E-state index contributed by atoms with van der Waals surface area (Å²) in [5.41, 5.74) is 0. The zero-order valence-electron chi connectivity index (χ0n) is 18.6. The molecule has 5 nitrogen and oxygen atoms in total. The van der Waals surface area contributed by atoms with Crippen LogP contribution < -0.4 is 0 Å². The molecule has 0 fully saturated rings. The molecular weight excluding hydrogens is 373 g/mol. The molecule has 0 aliphatic heterocycles. The summed E-state index contributed by atoms with van der Waals surface area (Å²) in [6.07, 6.45) is 21.1. The third-order valence-electron chi connectivity index (χ3n) is 4.78. The van der Waals surface area contributed by atoms with Crippen molar-refractivity contribution >= 4 is 7.60 Å².